The molecule has 0 spiro atoms. The van der Waals surface area contributed by atoms with Crippen molar-refractivity contribution in [2.24, 2.45) is 0 Å². The summed E-state index contributed by atoms with van der Waals surface area (Å²) in [6.07, 6.45) is 5.20. The van der Waals surface area contributed by atoms with Gasteiger partial charge in [0.25, 0.3) is 0 Å². The lowest BCUT2D eigenvalue weighted by atomic mass is 10.0. The van der Waals surface area contributed by atoms with Crippen molar-refractivity contribution in [3.8, 4) is 0 Å². The van der Waals surface area contributed by atoms with Crippen molar-refractivity contribution in [1.82, 2.24) is 19.9 Å². The molecule has 1 saturated heterocycles. The Balaban J connectivity index is 1.50. The van der Waals surface area contributed by atoms with Gasteiger partial charge in [-0.1, -0.05) is 6.07 Å². The van der Waals surface area contributed by atoms with Crippen LogP contribution >= 0.6 is 0 Å². The van der Waals surface area contributed by atoms with Gasteiger partial charge in [-0.25, -0.2) is 4.98 Å². The summed E-state index contributed by atoms with van der Waals surface area (Å²) in [5.41, 5.74) is 2.30. The number of nitrogens with zero attached hydrogens (tertiary/aromatic N) is 6. The summed E-state index contributed by atoms with van der Waals surface area (Å²) >= 11 is 0. The van der Waals surface area contributed by atoms with E-state index in [0.29, 0.717) is 6.04 Å². The van der Waals surface area contributed by atoms with Crippen LogP contribution in [0.3, 0.4) is 0 Å². The molecule has 0 radical (unpaired) electrons. The lowest BCUT2D eigenvalue weighted by molar-refractivity contribution is 0.212. The molecule has 0 amide bonds. The average Bonchev–Trinajstić information content (AvgIpc) is 2.66. The minimum absolute atomic E-state index is 0.535. The predicted octanol–water partition coefficient (Wildman–Crippen LogP) is 2.39. The van der Waals surface area contributed by atoms with Crippen LogP contribution in [-0.2, 0) is 6.42 Å². The first-order chi connectivity index (χ1) is 12.5. The fourth-order valence-corrected chi connectivity index (χ4v) is 3.48. The maximum Gasteiger partial charge on any atom is 0.226 e. The second kappa shape index (κ2) is 8.45. The number of hydrogen-bond donors (Lipinski definition) is 0. The van der Waals surface area contributed by atoms with Gasteiger partial charge in [-0.15, -0.1) is 0 Å². The SMILES string of the molecule is Cc1cccc(CCN2CCC(N(C)c3ccnc(N(C)C)n3)CC2)n1. The van der Waals surface area contributed by atoms with Gasteiger partial charge in [0.1, 0.15) is 5.82 Å². The van der Waals surface area contributed by atoms with Crippen molar-refractivity contribution in [3.63, 3.8) is 0 Å². The smallest absolute Gasteiger partial charge is 0.226 e. The molecule has 1 fully saturated rings. The summed E-state index contributed by atoms with van der Waals surface area (Å²) in [6.45, 7) is 5.41. The number of aryl methyl sites for hydroxylation is 1. The van der Waals surface area contributed by atoms with Gasteiger partial charge in [0, 0.05) is 70.8 Å². The van der Waals surface area contributed by atoms with E-state index >= 15 is 0 Å². The third-order valence-electron chi connectivity index (χ3n) is 5.12. The number of piperidine rings is 1. The van der Waals surface area contributed by atoms with Gasteiger partial charge in [-0.05, 0) is 38.0 Å². The van der Waals surface area contributed by atoms with E-state index in [9.17, 15) is 0 Å². The van der Waals surface area contributed by atoms with Crippen LogP contribution in [0.2, 0.25) is 0 Å². The lowest BCUT2D eigenvalue weighted by Gasteiger charge is -2.37. The summed E-state index contributed by atoms with van der Waals surface area (Å²) < 4.78 is 0. The number of rotatable bonds is 6. The molecule has 0 saturated carbocycles. The van der Waals surface area contributed by atoms with E-state index < -0.39 is 0 Å². The largest absolute Gasteiger partial charge is 0.356 e. The van der Waals surface area contributed by atoms with Crippen LogP contribution < -0.4 is 9.80 Å². The Morgan fingerprint density at radius 1 is 1.08 bits per heavy atom. The highest BCUT2D eigenvalue weighted by Gasteiger charge is 2.23. The van der Waals surface area contributed by atoms with Crippen LogP contribution in [0.1, 0.15) is 24.2 Å². The predicted molar refractivity (Wildman–Crippen MR) is 107 cm³/mol. The van der Waals surface area contributed by atoms with Gasteiger partial charge >= 0.3 is 0 Å². The molecule has 2 aromatic heterocycles. The molecule has 3 heterocycles. The Morgan fingerprint density at radius 2 is 1.85 bits per heavy atom. The van der Waals surface area contributed by atoms with Gasteiger partial charge in [-0.2, -0.15) is 4.98 Å². The number of aromatic nitrogens is 3. The Morgan fingerprint density at radius 3 is 2.54 bits per heavy atom. The van der Waals surface area contributed by atoms with Crippen molar-refractivity contribution in [2.75, 3.05) is 50.6 Å². The summed E-state index contributed by atoms with van der Waals surface area (Å²) in [5, 5.41) is 0. The zero-order valence-corrected chi connectivity index (χ0v) is 16.4. The van der Waals surface area contributed by atoms with Crippen molar-refractivity contribution in [1.29, 1.82) is 0 Å². The highest BCUT2D eigenvalue weighted by molar-refractivity contribution is 5.43. The standard InChI is InChI=1S/C20H30N6/c1-16-6-5-7-17(22-16)9-13-26-14-10-18(11-15-26)25(4)19-8-12-21-20(23-19)24(2)3/h5-8,12,18H,9-11,13-15H2,1-4H3. The van der Waals surface area contributed by atoms with E-state index in [0.717, 1.165) is 43.5 Å². The van der Waals surface area contributed by atoms with Crippen molar-refractivity contribution in [3.05, 3.63) is 41.9 Å². The molecule has 3 rings (SSSR count). The van der Waals surface area contributed by atoms with Gasteiger partial charge in [-0.3, -0.25) is 4.98 Å². The van der Waals surface area contributed by atoms with E-state index in [4.69, 9.17) is 0 Å². The van der Waals surface area contributed by atoms with Gasteiger partial charge in [0.05, 0.1) is 0 Å². The molecule has 2 aromatic rings. The number of likely N-dealkylation sites (tertiary alicyclic amines) is 1. The molecular weight excluding hydrogens is 324 g/mol. The van der Waals surface area contributed by atoms with Crippen LogP contribution in [0, 0.1) is 6.92 Å². The second-order valence-corrected chi connectivity index (χ2v) is 7.31. The van der Waals surface area contributed by atoms with Gasteiger partial charge in [0.15, 0.2) is 0 Å². The van der Waals surface area contributed by atoms with Gasteiger partial charge in [0.2, 0.25) is 5.95 Å². The van der Waals surface area contributed by atoms with E-state index in [1.807, 2.05) is 31.3 Å². The monoisotopic (exact) mass is 354 g/mol. The molecule has 140 valence electrons. The zero-order chi connectivity index (χ0) is 18.5. The van der Waals surface area contributed by atoms with Crippen LogP contribution in [0.25, 0.3) is 0 Å². The first-order valence-corrected chi connectivity index (χ1v) is 9.41. The quantitative estimate of drug-likeness (QED) is 0.794. The molecule has 0 atom stereocenters. The summed E-state index contributed by atoms with van der Waals surface area (Å²) in [7, 11) is 6.10. The average molecular weight is 355 g/mol. The second-order valence-electron chi connectivity index (χ2n) is 7.31. The maximum absolute atomic E-state index is 4.67. The Hall–Kier alpha value is -2.21. The van der Waals surface area contributed by atoms with Crippen molar-refractivity contribution in [2.45, 2.75) is 32.2 Å². The third-order valence-corrected chi connectivity index (χ3v) is 5.12. The molecule has 0 aliphatic carbocycles. The van der Waals surface area contributed by atoms with Crippen LogP contribution in [-0.4, -0.2) is 66.7 Å². The zero-order valence-electron chi connectivity index (χ0n) is 16.4. The summed E-state index contributed by atoms with van der Waals surface area (Å²) in [4.78, 5) is 20.4. The Bertz CT molecular complexity index is 709. The molecule has 0 aromatic carbocycles. The molecule has 1 aliphatic rings. The number of pyridine rings is 1. The van der Waals surface area contributed by atoms with Crippen molar-refractivity contribution < 1.29 is 0 Å². The van der Waals surface area contributed by atoms with Gasteiger partial charge < -0.3 is 14.7 Å². The fourth-order valence-electron chi connectivity index (χ4n) is 3.48. The van der Waals surface area contributed by atoms with Crippen molar-refractivity contribution >= 4 is 11.8 Å². The normalized spacial score (nSPS) is 15.8. The molecule has 26 heavy (non-hydrogen) atoms. The lowest BCUT2D eigenvalue weighted by Crippen LogP contribution is -2.44. The molecule has 6 heteroatoms. The molecule has 0 unspecified atom stereocenters. The van der Waals surface area contributed by atoms with E-state index in [1.165, 1.54) is 18.5 Å². The van der Waals surface area contributed by atoms with E-state index in [2.05, 4.69) is 56.9 Å². The van der Waals surface area contributed by atoms with Crippen LogP contribution in [0.15, 0.2) is 30.5 Å². The van der Waals surface area contributed by atoms with E-state index in [-0.39, 0.29) is 0 Å². The summed E-state index contributed by atoms with van der Waals surface area (Å²) in [5.74, 6) is 1.77. The molecule has 1 aliphatic heterocycles. The minimum atomic E-state index is 0.535. The molecule has 0 bridgehead atoms. The maximum atomic E-state index is 4.67. The van der Waals surface area contributed by atoms with E-state index in [1.54, 1.807) is 0 Å². The topological polar surface area (TPSA) is 48.4 Å². The molecule has 6 nitrogen and oxygen atoms in total. The van der Waals surface area contributed by atoms with Crippen LogP contribution in [0.4, 0.5) is 11.8 Å². The number of anilines is 2. The third kappa shape index (κ3) is 4.69. The summed E-state index contributed by atoms with van der Waals surface area (Å²) in [6, 6.07) is 8.82. The van der Waals surface area contributed by atoms with Crippen LogP contribution in [0.5, 0.6) is 0 Å². The molecule has 0 N–H and O–H groups in total. The first-order valence-electron chi connectivity index (χ1n) is 9.41. The Labute approximate surface area is 156 Å². The first kappa shape index (κ1) is 18.6. The molecular formula is C20H30N6. The number of hydrogen-bond acceptors (Lipinski definition) is 6. The minimum Gasteiger partial charge on any atom is -0.356 e. The Kier molecular flexibility index (Phi) is 6.04. The highest BCUT2D eigenvalue weighted by Crippen LogP contribution is 2.21. The fraction of sp³-hybridized carbons (Fsp3) is 0.550. The highest BCUT2D eigenvalue weighted by atomic mass is 15.3.